The fourth-order valence-electron chi connectivity index (χ4n) is 1.41. The quantitative estimate of drug-likeness (QED) is 0.721. The largest absolute Gasteiger partial charge is 0.501 e. The summed E-state index contributed by atoms with van der Waals surface area (Å²) in [6.07, 6.45) is 6.77. The Morgan fingerprint density at radius 2 is 2.57 bits per heavy atom. The molecule has 0 radical (unpaired) electrons. The van der Waals surface area contributed by atoms with Crippen molar-refractivity contribution in [2.75, 3.05) is 6.61 Å². The molecule has 1 aromatic rings. The fraction of sp³-hybridized carbons (Fsp3) is 0.400. The second-order valence-corrected chi connectivity index (χ2v) is 3.24. The molecule has 0 unspecified atom stereocenters. The van der Waals surface area contributed by atoms with E-state index in [1.165, 1.54) is 0 Å². The third kappa shape index (κ3) is 2.02. The lowest BCUT2D eigenvalue weighted by atomic mass is 10.1. The first-order valence-electron chi connectivity index (χ1n) is 4.67. The fourth-order valence-corrected chi connectivity index (χ4v) is 1.41. The Morgan fingerprint density at radius 1 is 1.64 bits per heavy atom. The van der Waals surface area contributed by atoms with Gasteiger partial charge in [0.05, 0.1) is 12.9 Å². The monoisotopic (exact) mass is 192 g/mol. The van der Waals surface area contributed by atoms with Crippen molar-refractivity contribution >= 4 is 5.78 Å². The van der Waals surface area contributed by atoms with Crippen LogP contribution in [0.15, 0.2) is 30.3 Å². The Hall–Kier alpha value is -1.58. The van der Waals surface area contributed by atoms with Gasteiger partial charge in [0.25, 0.3) is 0 Å². The summed E-state index contributed by atoms with van der Waals surface area (Å²) in [5, 5.41) is 3.98. The van der Waals surface area contributed by atoms with Gasteiger partial charge in [-0.2, -0.15) is 5.10 Å². The normalized spacial score (nSPS) is 15.9. The van der Waals surface area contributed by atoms with E-state index in [4.69, 9.17) is 4.74 Å². The molecule has 0 atom stereocenters. The van der Waals surface area contributed by atoms with Crippen molar-refractivity contribution in [3.8, 4) is 0 Å². The predicted molar refractivity (Wildman–Crippen MR) is 50.5 cm³/mol. The van der Waals surface area contributed by atoms with Gasteiger partial charge in [0, 0.05) is 18.0 Å². The Morgan fingerprint density at radius 3 is 3.21 bits per heavy atom. The van der Waals surface area contributed by atoms with Crippen LogP contribution >= 0.6 is 0 Å². The molecule has 2 rings (SSSR count). The van der Waals surface area contributed by atoms with Crippen LogP contribution in [0.4, 0.5) is 0 Å². The lowest BCUT2D eigenvalue weighted by Crippen LogP contribution is -2.15. The number of carbonyl (C=O) groups is 1. The van der Waals surface area contributed by atoms with Gasteiger partial charge in [-0.05, 0) is 18.9 Å². The molecular formula is C10H12N2O2. The smallest absolute Gasteiger partial charge is 0.183 e. The summed E-state index contributed by atoms with van der Waals surface area (Å²) in [6, 6.07) is 1.80. The molecule has 0 saturated heterocycles. The Bertz CT molecular complexity index is 341. The van der Waals surface area contributed by atoms with Gasteiger partial charge in [-0.1, -0.05) is 0 Å². The van der Waals surface area contributed by atoms with Crippen molar-refractivity contribution in [1.29, 1.82) is 0 Å². The molecule has 4 nitrogen and oxygen atoms in total. The highest BCUT2D eigenvalue weighted by molar-refractivity contribution is 5.94. The molecule has 0 amide bonds. The minimum Gasteiger partial charge on any atom is -0.501 e. The van der Waals surface area contributed by atoms with Crippen LogP contribution in [0.3, 0.4) is 0 Å². The second kappa shape index (κ2) is 4.09. The average Bonchev–Trinajstić information content (AvgIpc) is 2.72. The molecule has 1 aliphatic heterocycles. The van der Waals surface area contributed by atoms with Gasteiger partial charge in [-0.15, -0.1) is 0 Å². The molecular weight excluding hydrogens is 180 g/mol. The highest BCUT2D eigenvalue weighted by Crippen LogP contribution is 2.13. The zero-order valence-corrected chi connectivity index (χ0v) is 7.85. The maximum absolute atomic E-state index is 11.7. The van der Waals surface area contributed by atoms with Crippen LogP contribution in [0.2, 0.25) is 0 Å². The molecule has 0 aromatic carbocycles. The molecule has 0 fully saturated rings. The van der Waals surface area contributed by atoms with Crippen LogP contribution in [0, 0.1) is 0 Å². The van der Waals surface area contributed by atoms with E-state index in [9.17, 15) is 4.79 Å². The van der Waals surface area contributed by atoms with Crippen molar-refractivity contribution in [2.45, 2.75) is 19.4 Å². The first kappa shape index (κ1) is 8.99. The summed E-state index contributed by atoms with van der Waals surface area (Å²) in [4.78, 5) is 11.7. The van der Waals surface area contributed by atoms with Gasteiger partial charge in [0.15, 0.2) is 5.78 Å². The number of rotatable bonds is 3. The van der Waals surface area contributed by atoms with Crippen molar-refractivity contribution in [3.05, 3.63) is 30.3 Å². The molecule has 4 heteroatoms. The van der Waals surface area contributed by atoms with E-state index in [0.29, 0.717) is 6.54 Å². The van der Waals surface area contributed by atoms with Crippen LogP contribution in [0.1, 0.15) is 12.8 Å². The maximum Gasteiger partial charge on any atom is 0.183 e. The number of ether oxygens (including phenoxy) is 1. The molecule has 1 aromatic heterocycles. The number of carbonyl (C=O) groups excluding carboxylic acids is 1. The van der Waals surface area contributed by atoms with Crippen molar-refractivity contribution in [2.24, 2.45) is 0 Å². The Kier molecular flexibility index (Phi) is 2.62. The van der Waals surface area contributed by atoms with Gasteiger partial charge in [-0.3, -0.25) is 9.48 Å². The molecule has 0 aliphatic carbocycles. The molecule has 14 heavy (non-hydrogen) atoms. The average molecular weight is 192 g/mol. The SMILES string of the molecule is O=C(Cn1cccn1)C1=COCCC1. The number of ketones is 1. The number of Topliss-reactive ketones (excluding diaryl/α,β-unsaturated/α-hetero) is 1. The van der Waals surface area contributed by atoms with Crippen molar-refractivity contribution in [1.82, 2.24) is 9.78 Å². The van der Waals surface area contributed by atoms with Gasteiger partial charge in [0.2, 0.25) is 0 Å². The van der Waals surface area contributed by atoms with Gasteiger partial charge >= 0.3 is 0 Å². The van der Waals surface area contributed by atoms with Crippen LogP contribution < -0.4 is 0 Å². The lowest BCUT2D eigenvalue weighted by Gasteiger charge is -2.12. The number of hydrogen-bond donors (Lipinski definition) is 0. The first-order valence-corrected chi connectivity index (χ1v) is 4.67. The van der Waals surface area contributed by atoms with E-state index in [1.807, 2.05) is 0 Å². The minimum atomic E-state index is 0.0911. The maximum atomic E-state index is 11.7. The molecule has 74 valence electrons. The topological polar surface area (TPSA) is 44.1 Å². The van der Waals surface area contributed by atoms with Crippen molar-refractivity contribution < 1.29 is 9.53 Å². The van der Waals surface area contributed by atoms with E-state index in [2.05, 4.69) is 5.10 Å². The molecule has 0 saturated carbocycles. The summed E-state index contributed by atoms with van der Waals surface area (Å²) in [7, 11) is 0. The summed E-state index contributed by atoms with van der Waals surface area (Å²) < 4.78 is 6.73. The molecule has 0 spiro atoms. The van der Waals surface area contributed by atoms with E-state index >= 15 is 0 Å². The van der Waals surface area contributed by atoms with Crippen LogP contribution in [0.5, 0.6) is 0 Å². The van der Waals surface area contributed by atoms with Crippen molar-refractivity contribution in [3.63, 3.8) is 0 Å². The number of allylic oxidation sites excluding steroid dienone is 1. The molecule has 1 aliphatic rings. The van der Waals surface area contributed by atoms with Gasteiger partial charge < -0.3 is 4.74 Å². The van der Waals surface area contributed by atoms with Crippen LogP contribution in [-0.4, -0.2) is 22.2 Å². The minimum absolute atomic E-state index is 0.0911. The van der Waals surface area contributed by atoms with Gasteiger partial charge in [0.1, 0.15) is 6.54 Å². The first-order chi connectivity index (χ1) is 6.86. The highest BCUT2D eigenvalue weighted by atomic mass is 16.5. The highest BCUT2D eigenvalue weighted by Gasteiger charge is 2.13. The van der Waals surface area contributed by atoms with E-state index in [0.717, 1.165) is 25.0 Å². The summed E-state index contributed by atoms with van der Waals surface area (Å²) in [6.45, 7) is 1.03. The summed E-state index contributed by atoms with van der Waals surface area (Å²) >= 11 is 0. The standard InChI is InChI=1S/C10H12N2O2/c13-10(7-12-5-2-4-11-12)9-3-1-6-14-8-9/h2,4-5,8H,1,3,6-7H2. The second-order valence-electron chi connectivity index (χ2n) is 3.24. The third-order valence-electron chi connectivity index (χ3n) is 2.16. The number of aromatic nitrogens is 2. The lowest BCUT2D eigenvalue weighted by molar-refractivity contribution is -0.116. The molecule has 0 bridgehead atoms. The Labute approximate surface area is 82.2 Å². The van der Waals surface area contributed by atoms with Crippen LogP contribution in [0.25, 0.3) is 0 Å². The Balaban J connectivity index is 1.98. The number of hydrogen-bond acceptors (Lipinski definition) is 3. The van der Waals surface area contributed by atoms with E-state index < -0.39 is 0 Å². The zero-order chi connectivity index (χ0) is 9.80. The third-order valence-corrected chi connectivity index (χ3v) is 2.16. The molecule has 0 N–H and O–H groups in total. The van der Waals surface area contributed by atoms with E-state index in [1.54, 1.807) is 29.4 Å². The van der Waals surface area contributed by atoms with E-state index in [-0.39, 0.29) is 5.78 Å². The van der Waals surface area contributed by atoms with Crippen LogP contribution in [-0.2, 0) is 16.1 Å². The summed E-state index contributed by atoms with van der Waals surface area (Å²) in [5.41, 5.74) is 0.770. The molecule has 2 heterocycles. The predicted octanol–water partition coefficient (Wildman–Crippen LogP) is 1.15. The summed E-state index contributed by atoms with van der Waals surface area (Å²) in [5.74, 6) is 0.0911. The van der Waals surface area contributed by atoms with Gasteiger partial charge in [-0.25, -0.2) is 0 Å². The zero-order valence-electron chi connectivity index (χ0n) is 7.85. The number of nitrogens with zero attached hydrogens (tertiary/aromatic N) is 2.